The number of hydrogen-bond donors (Lipinski definition) is 1. The molecule has 0 unspecified atom stereocenters. The second kappa shape index (κ2) is 13.0. The average molecular weight is 553 g/mol. The fourth-order valence-electron chi connectivity index (χ4n) is 4.09. The predicted octanol–water partition coefficient (Wildman–Crippen LogP) is 4.04. The number of rotatable bonds is 12. The normalized spacial score (nSPS) is 11.9. The van der Waals surface area contributed by atoms with E-state index in [0.717, 1.165) is 15.4 Å². The molecule has 0 radical (unpaired) electrons. The van der Waals surface area contributed by atoms with E-state index in [9.17, 15) is 28.1 Å². The number of sulfonamides is 1. The summed E-state index contributed by atoms with van der Waals surface area (Å²) in [6.45, 7) is 5.35. The zero-order valence-electron chi connectivity index (χ0n) is 22.1. The fourth-order valence-corrected chi connectivity index (χ4v) is 5.53. The molecule has 2 amide bonds. The second-order valence-electron chi connectivity index (χ2n) is 8.92. The number of nitro benzene ring substituents is 1. The Hall–Kier alpha value is -4.25. The summed E-state index contributed by atoms with van der Waals surface area (Å²) in [6, 6.07) is 19.2. The van der Waals surface area contributed by atoms with Crippen molar-refractivity contribution in [2.75, 3.05) is 17.4 Å². The third kappa shape index (κ3) is 7.20. The smallest absolute Gasteiger partial charge is 0.269 e. The maximum atomic E-state index is 13.9. The van der Waals surface area contributed by atoms with Gasteiger partial charge in [-0.15, -0.1) is 0 Å². The zero-order valence-corrected chi connectivity index (χ0v) is 22.9. The van der Waals surface area contributed by atoms with Crippen LogP contribution >= 0.6 is 0 Å². The van der Waals surface area contributed by atoms with Crippen molar-refractivity contribution in [3.05, 3.63) is 100 Å². The van der Waals surface area contributed by atoms with Gasteiger partial charge in [0.15, 0.2) is 0 Å². The lowest BCUT2D eigenvalue weighted by atomic mass is 10.1. The van der Waals surface area contributed by atoms with Crippen LogP contribution in [0.2, 0.25) is 0 Å². The van der Waals surface area contributed by atoms with E-state index in [2.05, 4.69) is 5.32 Å². The lowest BCUT2D eigenvalue weighted by Crippen LogP contribution is -2.52. The number of nitrogens with one attached hydrogen (secondary N) is 1. The molecule has 3 rings (SSSR count). The maximum Gasteiger partial charge on any atom is 0.269 e. The first-order chi connectivity index (χ1) is 18.6. The third-order valence-electron chi connectivity index (χ3n) is 6.17. The van der Waals surface area contributed by atoms with Crippen LogP contribution in [0, 0.1) is 17.0 Å². The van der Waals surface area contributed by atoms with Gasteiger partial charge in [0, 0.05) is 25.2 Å². The van der Waals surface area contributed by atoms with Gasteiger partial charge in [-0.05, 0) is 50.1 Å². The Kier molecular flexibility index (Phi) is 9.78. The second-order valence-corrected chi connectivity index (χ2v) is 10.8. The van der Waals surface area contributed by atoms with Gasteiger partial charge in [-0.25, -0.2) is 8.42 Å². The molecule has 0 saturated carbocycles. The summed E-state index contributed by atoms with van der Waals surface area (Å²) in [7, 11) is -4.24. The molecule has 0 aliphatic heterocycles. The van der Waals surface area contributed by atoms with Gasteiger partial charge in [-0.2, -0.15) is 0 Å². The zero-order chi connectivity index (χ0) is 28.6. The summed E-state index contributed by atoms with van der Waals surface area (Å²) in [5.41, 5.74) is 1.68. The summed E-state index contributed by atoms with van der Waals surface area (Å²) in [6.07, 6.45) is 0.312. The Morgan fingerprint density at radius 2 is 1.56 bits per heavy atom. The third-order valence-corrected chi connectivity index (χ3v) is 7.96. The number of aryl methyl sites for hydroxylation is 1. The van der Waals surface area contributed by atoms with Gasteiger partial charge in [0.1, 0.15) is 12.6 Å². The molecule has 206 valence electrons. The van der Waals surface area contributed by atoms with Gasteiger partial charge in [0.2, 0.25) is 11.8 Å². The molecule has 1 atom stereocenters. The SMILES string of the molecule is CCNC(=O)[C@H](CC)N(Cc1ccc(C)cc1)C(=O)CN(c1ccc([N+](=O)[O-])cc1)S(=O)(=O)c1ccccc1. The monoisotopic (exact) mass is 552 g/mol. The molecule has 0 fully saturated rings. The van der Waals surface area contributed by atoms with E-state index in [-0.39, 0.29) is 28.7 Å². The number of nitro groups is 1. The molecular weight excluding hydrogens is 520 g/mol. The molecule has 0 aliphatic rings. The van der Waals surface area contributed by atoms with Crippen LogP contribution in [0.15, 0.2) is 83.8 Å². The summed E-state index contributed by atoms with van der Waals surface area (Å²) in [5, 5.41) is 13.9. The first-order valence-corrected chi connectivity index (χ1v) is 14.0. The number of amides is 2. The fraction of sp³-hybridized carbons (Fsp3) is 0.286. The number of hydrogen-bond acceptors (Lipinski definition) is 6. The van der Waals surface area contributed by atoms with E-state index >= 15 is 0 Å². The minimum Gasteiger partial charge on any atom is -0.355 e. The number of likely N-dealkylation sites (N-methyl/N-ethyl adjacent to an activating group) is 1. The van der Waals surface area contributed by atoms with Crippen LogP contribution in [0.5, 0.6) is 0 Å². The molecule has 1 N–H and O–H groups in total. The summed E-state index contributed by atoms with van der Waals surface area (Å²) in [4.78, 5) is 38.7. The lowest BCUT2D eigenvalue weighted by molar-refractivity contribution is -0.384. The molecule has 0 heterocycles. The molecule has 0 aromatic heterocycles. The number of non-ortho nitro benzene ring substituents is 1. The van der Waals surface area contributed by atoms with Crippen LogP contribution in [-0.4, -0.2) is 49.2 Å². The number of carbonyl (C=O) groups is 2. The molecule has 0 aliphatic carbocycles. The van der Waals surface area contributed by atoms with Crippen LogP contribution in [0.4, 0.5) is 11.4 Å². The highest BCUT2D eigenvalue weighted by atomic mass is 32.2. The molecule has 3 aromatic rings. The maximum absolute atomic E-state index is 13.9. The Morgan fingerprint density at radius 1 is 0.949 bits per heavy atom. The minimum atomic E-state index is -4.24. The van der Waals surface area contributed by atoms with E-state index in [1.165, 1.54) is 41.3 Å². The molecule has 0 saturated heterocycles. The molecule has 39 heavy (non-hydrogen) atoms. The Morgan fingerprint density at radius 3 is 2.10 bits per heavy atom. The van der Waals surface area contributed by atoms with Crippen LogP contribution in [0.1, 0.15) is 31.4 Å². The van der Waals surface area contributed by atoms with Crippen molar-refractivity contribution in [1.82, 2.24) is 10.2 Å². The van der Waals surface area contributed by atoms with Crippen LogP contribution < -0.4 is 9.62 Å². The largest absolute Gasteiger partial charge is 0.355 e. The number of carbonyl (C=O) groups excluding carboxylic acids is 2. The number of nitrogens with zero attached hydrogens (tertiary/aromatic N) is 3. The molecule has 10 nitrogen and oxygen atoms in total. The van der Waals surface area contributed by atoms with Gasteiger partial charge in [-0.1, -0.05) is 55.0 Å². The molecule has 11 heteroatoms. The van der Waals surface area contributed by atoms with Crippen LogP contribution in [-0.2, 0) is 26.2 Å². The van der Waals surface area contributed by atoms with Crippen molar-refractivity contribution in [2.45, 2.75) is 44.7 Å². The van der Waals surface area contributed by atoms with Crippen molar-refractivity contribution < 1.29 is 22.9 Å². The first-order valence-electron chi connectivity index (χ1n) is 12.5. The van der Waals surface area contributed by atoms with Crippen molar-refractivity contribution >= 4 is 33.2 Å². The summed E-state index contributed by atoms with van der Waals surface area (Å²) < 4.78 is 28.4. The number of anilines is 1. The van der Waals surface area contributed by atoms with Crippen molar-refractivity contribution in [3.8, 4) is 0 Å². The molecule has 3 aromatic carbocycles. The quantitative estimate of drug-likeness (QED) is 0.267. The Balaban J connectivity index is 2.06. The van der Waals surface area contributed by atoms with E-state index in [1.54, 1.807) is 32.0 Å². The highest BCUT2D eigenvalue weighted by Crippen LogP contribution is 2.26. The van der Waals surface area contributed by atoms with E-state index in [4.69, 9.17) is 0 Å². The number of benzene rings is 3. The Labute approximate surface area is 228 Å². The van der Waals surface area contributed by atoms with Gasteiger partial charge in [0.05, 0.1) is 15.5 Å². The van der Waals surface area contributed by atoms with Crippen LogP contribution in [0.3, 0.4) is 0 Å². The van der Waals surface area contributed by atoms with Crippen molar-refractivity contribution in [3.63, 3.8) is 0 Å². The Bertz CT molecular complexity index is 1390. The molecule has 0 spiro atoms. The van der Waals surface area contributed by atoms with Gasteiger partial charge in [0.25, 0.3) is 15.7 Å². The van der Waals surface area contributed by atoms with Gasteiger partial charge >= 0.3 is 0 Å². The summed E-state index contributed by atoms with van der Waals surface area (Å²) in [5.74, 6) is -0.931. The minimum absolute atomic E-state index is 0.0444. The predicted molar refractivity (Wildman–Crippen MR) is 149 cm³/mol. The lowest BCUT2D eigenvalue weighted by Gasteiger charge is -2.33. The van der Waals surface area contributed by atoms with Gasteiger partial charge < -0.3 is 10.2 Å². The van der Waals surface area contributed by atoms with Crippen molar-refractivity contribution in [2.24, 2.45) is 0 Å². The van der Waals surface area contributed by atoms with Gasteiger partial charge in [-0.3, -0.25) is 24.0 Å². The van der Waals surface area contributed by atoms with Crippen LogP contribution in [0.25, 0.3) is 0 Å². The summed E-state index contributed by atoms with van der Waals surface area (Å²) >= 11 is 0. The standard InChI is InChI=1S/C28H32N4O6S/c1-4-26(28(34)29-5-2)30(19-22-13-11-21(3)12-14-22)27(33)20-31(23-15-17-24(18-16-23)32(35)36)39(37,38)25-9-7-6-8-10-25/h6-18,26H,4-5,19-20H2,1-3H3,(H,29,34)/t26-/m0/s1. The highest BCUT2D eigenvalue weighted by molar-refractivity contribution is 7.92. The van der Waals surface area contributed by atoms with E-state index in [1.807, 2.05) is 31.2 Å². The van der Waals surface area contributed by atoms with Crippen molar-refractivity contribution in [1.29, 1.82) is 0 Å². The van der Waals surface area contributed by atoms with E-state index in [0.29, 0.717) is 13.0 Å². The first kappa shape index (κ1) is 29.3. The average Bonchev–Trinajstić information content (AvgIpc) is 2.93. The highest BCUT2D eigenvalue weighted by Gasteiger charge is 2.33. The van der Waals surface area contributed by atoms with E-state index < -0.39 is 33.4 Å². The topological polar surface area (TPSA) is 130 Å². The molecular formula is C28H32N4O6S. The molecule has 0 bridgehead atoms.